The molecule has 0 spiro atoms. The first-order valence-electron chi connectivity index (χ1n) is 4.27. The third kappa shape index (κ3) is 8.67. The molecule has 7 nitrogen and oxygen atoms in total. The Hall–Kier alpha value is 0.550. The lowest BCUT2D eigenvalue weighted by Crippen LogP contribution is -2.27. The Kier molecular flexibility index (Phi) is 6.14. The van der Waals surface area contributed by atoms with Crippen LogP contribution in [0.3, 0.4) is 0 Å². The van der Waals surface area contributed by atoms with Gasteiger partial charge in [0.05, 0.1) is 18.1 Å². The van der Waals surface area contributed by atoms with E-state index in [4.69, 9.17) is 26.3 Å². The molecular formula is C6H15ClO7P2. The van der Waals surface area contributed by atoms with E-state index in [1.54, 1.807) is 0 Å². The van der Waals surface area contributed by atoms with E-state index in [0.29, 0.717) is 0 Å². The van der Waals surface area contributed by atoms with Gasteiger partial charge >= 0.3 is 15.2 Å². The van der Waals surface area contributed by atoms with Crippen LogP contribution in [0.4, 0.5) is 0 Å². The summed E-state index contributed by atoms with van der Waals surface area (Å²) in [6.45, 7) is 1.10. The van der Waals surface area contributed by atoms with Crippen LogP contribution in [0.5, 0.6) is 0 Å². The third-order valence-electron chi connectivity index (χ3n) is 1.58. The van der Waals surface area contributed by atoms with Crippen molar-refractivity contribution in [1.29, 1.82) is 0 Å². The van der Waals surface area contributed by atoms with Crippen molar-refractivity contribution >= 4 is 26.8 Å². The number of aliphatic hydroxyl groups is 1. The Morgan fingerprint density at radius 3 is 2.19 bits per heavy atom. The van der Waals surface area contributed by atoms with Gasteiger partial charge in [-0.1, -0.05) is 0 Å². The van der Waals surface area contributed by atoms with Gasteiger partial charge in [0, 0.05) is 6.42 Å². The van der Waals surface area contributed by atoms with Gasteiger partial charge in [0.2, 0.25) is 0 Å². The molecule has 0 saturated carbocycles. The van der Waals surface area contributed by atoms with E-state index < -0.39 is 26.7 Å². The number of hydrogen-bond acceptors (Lipinski definition) is 4. The summed E-state index contributed by atoms with van der Waals surface area (Å²) in [5.74, 6) is -1.31. The van der Waals surface area contributed by atoms with E-state index >= 15 is 0 Å². The molecule has 0 aliphatic rings. The van der Waals surface area contributed by atoms with Crippen LogP contribution in [0, 0.1) is 0 Å². The number of alkyl halides is 1. The Balaban J connectivity index is 4.11. The zero-order valence-electron chi connectivity index (χ0n) is 8.61. The molecule has 10 heteroatoms. The monoisotopic (exact) mass is 296 g/mol. The molecule has 0 radical (unpaired) electrons. The van der Waals surface area contributed by atoms with E-state index in [-0.39, 0.29) is 18.9 Å². The fourth-order valence-corrected chi connectivity index (χ4v) is 3.45. The number of hydrogen-bond donors (Lipinski definition) is 4. The zero-order chi connectivity index (χ0) is 13.0. The fourth-order valence-electron chi connectivity index (χ4n) is 0.749. The molecule has 0 fully saturated rings. The first-order valence-corrected chi connectivity index (χ1v) is 8.36. The summed E-state index contributed by atoms with van der Waals surface area (Å²) in [5.41, 5.74) is -1.25. The van der Waals surface area contributed by atoms with E-state index in [1.807, 2.05) is 0 Å². The van der Waals surface area contributed by atoms with E-state index in [1.165, 1.54) is 6.92 Å². The molecule has 2 unspecified atom stereocenters. The van der Waals surface area contributed by atoms with Crippen LogP contribution in [0.15, 0.2) is 0 Å². The highest BCUT2D eigenvalue weighted by atomic mass is 35.5. The zero-order valence-corrected chi connectivity index (χ0v) is 11.2. The average Bonchev–Trinajstić information content (AvgIpc) is 1.98. The first-order chi connectivity index (χ1) is 6.97. The second kappa shape index (κ2) is 5.94. The van der Waals surface area contributed by atoms with E-state index in [2.05, 4.69) is 4.52 Å². The van der Waals surface area contributed by atoms with Crippen molar-refractivity contribution < 1.29 is 33.4 Å². The van der Waals surface area contributed by atoms with Gasteiger partial charge in [-0.2, -0.15) is 0 Å². The molecule has 98 valence electrons. The van der Waals surface area contributed by atoms with Crippen LogP contribution in [-0.4, -0.2) is 43.8 Å². The summed E-state index contributed by atoms with van der Waals surface area (Å²) >= 11 is 5.39. The van der Waals surface area contributed by atoms with Gasteiger partial charge in [0.15, 0.2) is 5.90 Å². The van der Waals surface area contributed by atoms with Crippen LogP contribution in [0.1, 0.15) is 13.3 Å². The minimum Gasteiger partial charge on any atom is -0.389 e. The number of halogens is 1. The lowest BCUT2D eigenvalue weighted by atomic mass is 10.1. The van der Waals surface area contributed by atoms with Gasteiger partial charge in [0.25, 0.3) is 0 Å². The second-order valence-electron chi connectivity index (χ2n) is 3.66. The molecule has 0 rings (SSSR count). The molecule has 0 amide bonds. The summed E-state index contributed by atoms with van der Waals surface area (Å²) in [6, 6.07) is 0. The fraction of sp³-hybridized carbons (Fsp3) is 1.00. The van der Waals surface area contributed by atoms with Gasteiger partial charge in [-0.05, 0) is 6.92 Å². The van der Waals surface area contributed by atoms with Crippen molar-refractivity contribution in [2.24, 2.45) is 0 Å². The molecule has 0 bridgehead atoms. The van der Waals surface area contributed by atoms with Crippen LogP contribution in [-0.2, 0) is 13.7 Å². The predicted octanol–water partition coefficient (Wildman–Crippen LogP) is 0.703. The van der Waals surface area contributed by atoms with Gasteiger partial charge in [-0.15, -0.1) is 11.6 Å². The Bertz CT molecular complexity index is 312. The first kappa shape index (κ1) is 16.6. The smallest absolute Gasteiger partial charge is 0.340 e. The average molecular weight is 297 g/mol. The highest BCUT2D eigenvalue weighted by molar-refractivity contribution is 7.70. The quantitative estimate of drug-likeness (QED) is 0.402. The normalized spacial score (nSPS) is 20.1. The van der Waals surface area contributed by atoms with Crippen molar-refractivity contribution in [2.45, 2.75) is 18.9 Å². The maximum Gasteiger partial charge on any atom is 0.340 e. The predicted molar refractivity (Wildman–Crippen MR) is 58.6 cm³/mol. The summed E-state index contributed by atoms with van der Waals surface area (Å²) in [7, 11) is -8.93. The van der Waals surface area contributed by atoms with Crippen LogP contribution in [0.2, 0.25) is 0 Å². The van der Waals surface area contributed by atoms with Crippen molar-refractivity contribution in [3.8, 4) is 0 Å². The Morgan fingerprint density at radius 2 is 1.81 bits per heavy atom. The van der Waals surface area contributed by atoms with Crippen LogP contribution in [0.25, 0.3) is 0 Å². The molecular weight excluding hydrogens is 281 g/mol. The molecule has 0 saturated heterocycles. The summed E-state index contributed by atoms with van der Waals surface area (Å²) in [4.78, 5) is 26.0. The SMILES string of the molecule is CC(O)(CCl)CCOP(=O)(O)CP(=O)(O)O. The molecule has 0 heterocycles. The largest absolute Gasteiger partial charge is 0.389 e. The minimum atomic E-state index is -4.60. The lowest BCUT2D eigenvalue weighted by Gasteiger charge is -2.20. The molecule has 0 aromatic heterocycles. The molecule has 4 N–H and O–H groups in total. The number of rotatable bonds is 7. The highest BCUT2D eigenvalue weighted by Gasteiger charge is 2.31. The van der Waals surface area contributed by atoms with Gasteiger partial charge < -0.3 is 24.3 Å². The van der Waals surface area contributed by atoms with Crippen molar-refractivity contribution in [2.75, 3.05) is 18.4 Å². The van der Waals surface area contributed by atoms with Crippen molar-refractivity contribution in [3.05, 3.63) is 0 Å². The molecule has 0 aromatic carbocycles. The molecule has 0 aromatic rings. The molecule has 0 aliphatic carbocycles. The maximum absolute atomic E-state index is 11.1. The summed E-state index contributed by atoms with van der Waals surface area (Å²) in [6.07, 6.45) is -0.0117. The second-order valence-corrected chi connectivity index (χ2v) is 7.92. The van der Waals surface area contributed by atoms with Crippen molar-refractivity contribution in [1.82, 2.24) is 0 Å². The van der Waals surface area contributed by atoms with Crippen LogP contribution >= 0.6 is 26.8 Å². The van der Waals surface area contributed by atoms with Gasteiger partial charge in [-0.25, -0.2) is 0 Å². The van der Waals surface area contributed by atoms with Crippen LogP contribution < -0.4 is 0 Å². The Morgan fingerprint density at radius 1 is 1.31 bits per heavy atom. The minimum absolute atomic E-state index is 0.0117. The molecule has 2 atom stereocenters. The Labute approximate surface area is 98.1 Å². The van der Waals surface area contributed by atoms with E-state index in [9.17, 15) is 14.2 Å². The maximum atomic E-state index is 11.1. The van der Waals surface area contributed by atoms with Gasteiger partial charge in [-0.3, -0.25) is 9.13 Å². The topological polar surface area (TPSA) is 124 Å². The summed E-state index contributed by atoms with van der Waals surface area (Å²) < 4.78 is 26.0. The highest BCUT2D eigenvalue weighted by Crippen LogP contribution is 2.55. The van der Waals surface area contributed by atoms with E-state index in [0.717, 1.165) is 0 Å². The van der Waals surface area contributed by atoms with Gasteiger partial charge in [0.1, 0.15) is 0 Å². The lowest BCUT2D eigenvalue weighted by molar-refractivity contribution is 0.0572. The third-order valence-corrected chi connectivity index (χ3v) is 5.65. The molecule has 16 heavy (non-hydrogen) atoms. The summed E-state index contributed by atoms with van der Waals surface area (Å²) in [5, 5.41) is 9.42. The standard InChI is InChI=1S/C6H15ClO7P2/c1-6(8,4-7)2-3-14-16(12,13)5-15(9,10)11/h8H,2-5H2,1H3,(H,12,13)(H2,9,10,11). The molecule has 0 aliphatic heterocycles. The van der Waals surface area contributed by atoms with Crippen molar-refractivity contribution in [3.63, 3.8) is 0 Å².